The maximum absolute atomic E-state index is 6.10. The molecule has 19 heavy (non-hydrogen) atoms. The van der Waals surface area contributed by atoms with Crippen molar-refractivity contribution in [3.05, 3.63) is 46.6 Å². The lowest BCUT2D eigenvalue weighted by atomic mass is 9.86. The van der Waals surface area contributed by atoms with Crippen LogP contribution < -0.4 is 11.1 Å². The second kappa shape index (κ2) is 5.21. The van der Waals surface area contributed by atoms with E-state index in [9.17, 15) is 0 Å². The molecule has 1 aromatic carbocycles. The van der Waals surface area contributed by atoms with Crippen molar-refractivity contribution in [3.63, 3.8) is 0 Å². The van der Waals surface area contributed by atoms with Gasteiger partial charge in [0, 0.05) is 0 Å². The summed E-state index contributed by atoms with van der Waals surface area (Å²) in [5, 5.41) is 3.23. The number of aromatic nitrogens is 1. The molecule has 3 nitrogen and oxygen atoms in total. The van der Waals surface area contributed by atoms with Gasteiger partial charge in [0.1, 0.15) is 10.4 Å². The second-order valence-electron chi connectivity index (χ2n) is 5.52. The van der Waals surface area contributed by atoms with Crippen LogP contribution in [0, 0.1) is 0 Å². The third-order valence-corrected chi connectivity index (χ3v) is 3.34. The van der Waals surface area contributed by atoms with Crippen molar-refractivity contribution in [2.75, 3.05) is 11.1 Å². The molecule has 0 bridgehead atoms. The first-order valence-corrected chi connectivity index (χ1v) is 6.95. The van der Waals surface area contributed by atoms with Gasteiger partial charge in [0.25, 0.3) is 0 Å². The van der Waals surface area contributed by atoms with E-state index in [1.807, 2.05) is 30.3 Å². The average molecular weight is 320 g/mol. The van der Waals surface area contributed by atoms with Crippen molar-refractivity contribution in [2.24, 2.45) is 0 Å². The molecule has 2 rings (SSSR count). The molecule has 0 atom stereocenters. The Labute approximate surface area is 122 Å². The molecule has 4 heteroatoms. The Morgan fingerprint density at radius 2 is 1.89 bits per heavy atom. The van der Waals surface area contributed by atoms with Crippen molar-refractivity contribution in [1.29, 1.82) is 0 Å². The maximum Gasteiger partial charge on any atom is 0.131 e. The number of halogens is 1. The molecule has 0 unspecified atom stereocenters. The van der Waals surface area contributed by atoms with E-state index in [-0.39, 0.29) is 5.41 Å². The van der Waals surface area contributed by atoms with Crippen molar-refractivity contribution < 1.29 is 0 Å². The van der Waals surface area contributed by atoms with E-state index in [4.69, 9.17) is 5.73 Å². The minimum Gasteiger partial charge on any atom is -0.397 e. The van der Waals surface area contributed by atoms with Crippen LogP contribution in [0.1, 0.15) is 26.3 Å². The molecule has 0 aliphatic carbocycles. The summed E-state index contributed by atoms with van der Waals surface area (Å²) in [6, 6.07) is 11.8. The van der Waals surface area contributed by atoms with Gasteiger partial charge in [-0.15, -0.1) is 0 Å². The van der Waals surface area contributed by atoms with E-state index in [1.54, 1.807) is 0 Å². The lowest BCUT2D eigenvalue weighted by Gasteiger charge is -2.20. The molecule has 3 N–H and O–H groups in total. The molecule has 100 valence electrons. The number of anilines is 3. The highest BCUT2D eigenvalue weighted by molar-refractivity contribution is 9.10. The Morgan fingerprint density at radius 1 is 1.16 bits per heavy atom. The lowest BCUT2D eigenvalue weighted by molar-refractivity contribution is 0.590. The Hall–Kier alpha value is -1.55. The van der Waals surface area contributed by atoms with Crippen LogP contribution in [0.4, 0.5) is 17.2 Å². The first-order chi connectivity index (χ1) is 8.86. The highest BCUT2D eigenvalue weighted by Crippen LogP contribution is 2.29. The first kappa shape index (κ1) is 13.9. The molecule has 1 heterocycles. The van der Waals surface area contributed by atoms with Gasteiger partial charge in [0.05, 0.1) is 11.4 Å². The quantitative estimate of drug-likeness (QED) is 0.634. The molecule has 2 aromatic rings. The van der Waals surface area contributed by atoms with Crippen LogP contribution in [0.25, 0.3) is 0 Å². The first-order valence-electron chi connectivity index (χ1n) is 6.16. The molecule has 0 amide bonds. The van der Waals surface area contributed by atoms with Crippen molar-refractivity contribution >= 4 is 33.1 Å². The van der Waals surface area contributed by atoms with Gasteiger partial charge in [-0.25, -0.2) is 4.98 Å². The number of benzene rings is 1. The highest BCUT2D eigenvalue weighted by atomic mass is 79.9. The Bertz CT molecular complexity index is 588. The van der Waals surface area contributed by atoms with E-state index in [0.717, 1.165) is 21.8 Å². The van der Waals surface area contributed by atoms with Crippen LogP contribution in [0.5, 0.6) is 0 Å². The van der Waals surface area contributed by atoms with E-state index in [1.165, 1.54) is 5.56 Å². The SMILES string of the molecule is CC(C)(C)c1ccc(Nc2cccc(Br)n2)c(N)c1. The van der Waals surface area contributed by atoms with E-state index < -0.39 is 0 Å². The summed E-state index contributed by atoms with van der Waals surface area (Å²) < 4.78 is 0.794. The summed E-state index contributed by atoms with van der Waals surface area (Å²) in [6.45, 7) is 6.51. The molecule has 0 saturated heterocycles. The summed E-state index contributed by atoms with van der Waals surface area (Å²) >= 11 is 3.35. The van der Waals surface area contributed by atoms with Gasteiger partial charge in [-0.05, 0) is 51.2 Å². The topological polar surface area (TPSA) is 50.9 Å². The fourth-order valence-corrected chi connectivity index (χ4v) is 2.10. The van der Waals surface area contributed by atoms with Crippen LogP contribution in [0.3, 0.4) is 0 Å². The van der Waals surface area contributed by atoms with E-state index in [2.05, 4.69) is 53.1 Å². The normalized spacial score (nSPS) is 11.4. The molecule has 0 saturated carbocycles. The highest BCUT2D eigenvalue weighted by Gasteiger charge is 2.14. The zero-order chi connectivity index (χ0) is 14.0. The number of pyridine rings is 1. The van der Waals surface area contributed by atoms with Crippen molar-refractivity contribution in [1.82, 2.24) is 4.98 Å². The summed E-state index contributed by atoms with van der Waals surface area (Å²) in [6.07, 6.45) is 0. The molecule has 0 aliphatic heterocycles. The van der Waals surface area contributed by atoms with Gasteiger partial charge in [-0.2, -0.15) is 0 Å². The zero-order valence-corrected chi connectivity index (χ0v) is 13.0. The monoisotopic (exact) mass is 319 g/mol. The fraction of sp³-hybridized carbons (Fsp3) is 0.267. The number of nitrogen functional groups attached to an aromatic ring is 1. The van der Waals surface area contributed by atoms with Gasteiger partial charge < -0.3 is 11.1 Å². The summed E-state index contributed by atoms with van der Waals surface area (Å²) in [5.74, 6) is 0.768. The standard InChI is InChI=1S/C15H18BrN3/c1-15(2,3)10-7-8-12(11(17)9-10)18-14-6-4-5-13(16)19-14/h4-9H,17H2,1-3H3,(H,18,19). The fourth-order valence-electron chi connectivity index (χ4n) is 1.76. The molecular formula is C15H18BrN3. The smallest absolute Gasteiger partial charge is 0.131 e. The number of hydrogen-bond donors (Lipinski definition) is 2. The van der Waals surface area contributed by atoms with Crippen LogP contribution in [0.2, 0.25) is 0 Å². The summed E-state index contributed by atoms with van der Waals surface area (Å²) in [7, 11) is 0. The minimum absolute atomic E-state index is 0.0979. The molecular weight excluding hydrogens is 302 g/mol. The number of nitrogens with zero attached hydrogens (tertiary/aromatic N) is 1. The van der Waals surface area contributed by atoms with Crippen molar-refractivity contribution in [3.8, 4) is 0 Å². The molecule has 0 radical (unpaired) electrons. The maximum atomic E-state index is 6.10. The predicted molar refractivity (Wildman–Crippen MR) is 84.8 cm³/mol. The summed E-state index contributed by atoms with van der Waals surface area (Å²) in [4.78, 5) is 4.33. The molecule has 0 aliphatic rings. The van der Waals surface area contributed by atoms with Gasteiger partial charge in [-0.1, -0.05) is 32.9 Å². The van der Waals surface area contributed by atoms with Gasteiger partial charge in [0.15, 0.2) is 0 Å². The van der Waals surface area contributed by atoms with Crippen LogP contribution in [0.15, 0.2) is 41.0 Å². The van der Waals surface area contributed by atoms with Crippen molar-refractivity contribution in [2.45, 2.75) is 26.2 Å². The third-order valence-electron chi connectivity index (χ3n) is 2.90. The summed E-state index contributed by atoms with van der Waals surface area (Å²) in [5.41, 5.74) is 9.02. The number of hydrogen-bond acceptors (Lipinski definition) is 3. The largest absolute Gasteiger partial charge is 0.397 e. The van der Waals surface area contributed by atoms with Crippen LogP contribution >= 0.6 is 15.9 Å². The van der Waals surface area contributed by atoms with E-state index >= 15 is 0 Å². The Kier molecular flexibility index (Phi) is 3.80. The number of nitrogens with one attached hydrogen (secondary N) is 1. The Balaban J connectivity index is 2.27. The van der Waals surface area contributed by atoms with Crippen LogP contribution in [-0.4, -0.2) is 4.98 Å². The number of rotatable bonds is 2. The lowest BCUT2D eigenvalue weighted by Crippen LogP contribution is -2.11. The third kappa shape index (κ3) is 3.47. The Morgan fingerprint density at radius 3 is 2.47 bits per heavy atom. The van der Waals surface area contributed by atoms with Crippen LogP contribution in [-0.2, 0) is 5.41 Å². The average Bonchev–Trinajstić information content (AvgIpc) is 2.30. The molecule has 0 spiro atoms. The minimum atomic E-state index is 0.0979. The molecule has 0 fully saturated rings. The van der Waals surface area contributed by atoms with Gasteiger partial charge >= 0.3 is 0 Å². The molecule has 1 aromatic heterocycles. The van der Waals surface area contributed by atoms with Gasteiger partial charge in [0.2, 0.25) is 0 Å². The predicted octanol–water partition coefficient (Wildman–Crippen LogP) is 4.47. The number of nitrogens with two attached hydrogens (primary N) is 1. The second-order valence-corrected chi connectivity index (χ2v) is 6.34. The van der Waals surface area contributed by atoms with E-state index in [0.29, 0.717) is 0 Å². The van der Waals surface area contributed by atoms with Gasteiger partial charge in [-0.3, -0.25) is 0 Å². The zero-order valence-electron chi connectivity index (χ0n) is 11.4.